The smallest absolute Gasteiger partial charge is 0.254 e. The molecule has 1 atom stereocenters. The number of nitrogens with two attached hydrogens (primary N) is 1. The molecule has 1 aliphatic rings. The van der Waals surface area contributed by atoms with Crippen LogP contribution in [0.15, 0.2) is 91.1 Å². The van der Waals surface area contributed by atoms with Crippen LogP contribution in [0.1, 0.15) is 44.3 Å². The van der Waals surface area contributed by atoms with Gasteiger partial charge in [-0.25, -0.2) is 19.3 Å². The molecule has 0 unspecified atom stereocenters. The predicted molar refractivity (Wildman–Crippen MR) is 164 cm³/mol. The number of carbonyl (C=O) groups excluding carboxylic acids is 2. The molecule has 9 nitrogen and oxygen atoms in total. The number of nitrogen functional groups attached to an aromatic ring is 1. The highest BCUT2D eigenvalue weighted by Crippen LogP contribution is 2.36. The van der Waals surface area contributed by atoms with Gasteiger partial charge in [-0.15, -0.1) is 0 Å². The molecule has 3 heterocycles. The number of rotatable bonds is 6. The number of phenolic OH excluding ortho intramolecular Hbond substituents is 1. The number of nitrogens with zero attached hydrogens (tertiary/aromatic N) is 4. The van der Waals surface area contributed by atoms with E-state index >= 15 is 0 Å². The third kappa shape index (κ3) is 4.53. The number of nitrogens with one attached hydrogen (secondary N) is 1. The van der Waals surface area contributed by atoms with Crippen LogP contribution in [0.4, 0.5) is 10.2 Å². The van der Waals surface area contributed by atoms with Crippen LogP contribution in [0, 0.1) is 5.82 Å². The standard InChI is InChI=1S/C34H25FN6O3/c35-29-24(11-8-21(18-42)30(29)43)34(44)40-27-13-9-20-17-22(10-12-23(20)27)41-32(25-7-4-16-37-31(25)36)39-28-15-14-26(38-33(28)41)19-5-2-1-3-6-19/h1-8,10-12,14-18,27,43H,9,13H2,(H2,36,37)(H,40,44)/t27-/m0/s1. The molecule has 216 valence electrons. The largest absolute Gasteiger partial charge is 0.504 e. The summed E-state index contributed by atoms with van der Waals surface area (Å²) in [6, 6.07) is 25.4. The average molecular weight is 585 g/mol. The number of halogens is 1. The van der Waals surface area contributed by atoms with Crippen LogP contribution >= 0.6 is 0 Å². The lowest BCUT2D eigenvalue weighted by Crippen LogP contribution is -2.28. The van der Waals surface area contributed by atoms with Crippen molar-refractivity contribution in [3.05, 3.63) is 119 Å². The Bertz CT molecular complexity index is 2090. The number of hydrogen-bond acceptors (Lipinski definition) is 7. The van der Waals surface area contributed by atoms with Crippen LogP contribution in [0.2, 0.25) is 0 Å². The van der Waals surface area contributed by atoms with Crippen molar-refractivity contribution < 1.29 is 19.1 Å². The van der Waals surface area contributed by atoms with Crippen molar-refractivity contribution in [3.8, 4) is 34.1 Å². The quantitative estimate of drug-likeness (QED) is 0.210. The molecule has 3 aromatic heterocycles. The molecule has 10 heteroatoms. The van der Waals surface area contributed by atoms with Gasteiger partial charge in [0.25, 0.3) is 5.91 Å². The van der Waals surface area contributed by atoms with E-state index in [1.807, 2.05) is 77.4 Å². The van der Waals surface area contributed by atoms with Gasteiger partial charge in [0.1, 0.15) is 11.3 Å². The number of imidazole rings is 1. The number of phenols is 1. The monoisotopic (exact) mass is 584 g/mol. The van der Waals surface area contributed by atoms with Crippen molar-refractivity contribution in [2.75, 3.05) is 5.73 Å². The number of benzene rings is 3. The minimum atomic E-state index is -1.13. The molecule has 0 radical (unpaired) electrons. The molecule has 0 fully saturated rings. The summed E-state index contributed by atoms with van der Waals surface area (Å²) in [5, 5.41) is 12.8. The topological polar surface area (TPSA) is 136 Å². The molecule has 1 amide bonds. The molecule has 1 aliphatic carbocycles. The van der Waals surface area contributed by atoms with E-state index in [4.69, 9.17) is 15.7 Å². The minimum Gasteiger partial charge on any atom is -0.504 e. The lowest BCUT2D eigenvalue weighted by molar-refractivity contribution is 0.0930. The number of aromatic nitrogens is 4. The van der Waals surface area contributed by atoms with Crippen molar-refractivity contribution >= 4 is 29.2 Å². The zero-order valence-electron chi connectivity index (χ0n) is 23.2. The van der Waals surface area contributed by atoms with E-state index < -0.39 is 17.5 Å². The van der Waals surface area contributed by atoms with Gasteiger partial charge in [0.05, 0.1) is 28.4 Å². The Balaban J connectivity index is 1.29. The summed E-state index contributed by atoms with van der Waals surface area (Å²) in [4.78, 5) is 38.2. The van der Waals surface area contributed by atoms with E-state index in [0.29, 0.717) is 47.5 Å². The van der Waals surface area contributed by atoms with Crippen LogP contribution in [0.3, 0.4) is 0 Å². The molecule has 7 rings (SSSR count). The van der Waals surface area contributed by atoms with Crippen LogP contribution in [-0.4, -0.2) is 36.8 Å². The maximum atomic E-state index is 14.7. The highest BCUT2D eigenvalue weighted by atomic mass is 19.1. The minimum absolute atomic E-state index is 0.220. The summed E-state index contributed by atoms with van der Waals surface area (Å²) in [6.07, 6.45) is 3.24. The van der Waals surface area contributed by atoms with Crippen molar-refractivity contribution in [2.24, 2.45) is 0 Å². The van der Waals surface area contributed by atoms with E-state index in [1.54, 1.807) is 6.20 Å². The molecule has 0 bridgehead atoms. The van der Waals surface area contributed by atoms with E-state index in [2.05, 4.69) is 10.3 Å². The van der Waals surface area contributed by atoms with Gasteiger partial charge in [-0.3, -0.25) is 14.2 Å². The molecular weight excluding hydrogens is 559 g/mol. The van der Waals surface area contributed by atoms with Crippen molar-refractivity contribution in [1.82, 2.24) is 24.8 Å². The molecule has 0 aliphatic heterocycles. The van der Waals surface area contributed by atoms with Gasteiger partial charge in [0, 0.05) is 17.4 Å². The predicted octanol–water partition coefficient (Wildman–Crippen LogP) is 5.81. The number of aryl methyl sites for hydroxylation is 1. The molecule has 0 spiro atoms. The fourth-order valence-electron chi connectivity index (χ4n) is 5.74. The Morgan fingerprint density at radius 1 is 1.02 bits per heavy atom. The lowest BCUT2D eigenvalue weighted by Gasteiger charge is -2.16. The van der Waals surface area contributed by atoms with Gasteiger partial charge in [-0.1, -0.05) is 36.4 Å². The first kappa shape index (κ1) is 27.0. The van der Waals surface area contributed by atoms with E-state index in [1.165, 1.54) is 12.1 Å². The summed E-state index contributed by atoms with van der Waals surface area (Å²) < 4.78 is 16.6. The average Bonchev–Trinajstić information content (AvgIpc) is 3.63. The van der Waals surface area contributed by atoms with Crippen LogP contribution in [-0.2, 0) is 6.42 Å². The Kier molecular flexibility index (Phi) is 6.58. The fraction of sp³-hybridized carbons (Fsp3) is 0.0882. The second-order valence-electron chi connectivity index (χ2n) is 10.5. The maximum Gasteiger partial charge on any atom is 0.254 e. The fourth-order valence-corrected chi connectivity index (χ4v) is 5.74. The highest BCUT2D eigenvalue weighted by Gasteiger charge is 2.28. The van der Waals surface area contributed by atoms with E-state index in [9.17, 15) is 19.1 Å². The van der Waals surface area contributed by atoms with Crippen molar-refractivity contribution in [2.45, 2.75) is 18.9 Å². The zero-order chi connectivity index (χ0) is 30.4. The molecule has 44 heavy (non-hydrogen) atoms. The number of anilines is 1. The Hall–Kier alpha value is -5.90. The molecule has 0 saturated carbocycles. The van der Waals surface area contributed by atoms with E-state index in [0.717, 1.165) is 28.1 Å². The second-order valence-corrected chi connectivity index (χ2v) is 10.5. The Morgan fingerprint density at radius 2 is 1.86 bits per heavy atom. The molecule has 3 aromatic carbocycles. The number of amides is 1. The van der Waals surface area contributed by atoms with Gasteiger partial charge in [0.2, 0.25) is 0 Å². The van der Waals surface area contributed by atoms with Crippen molar-refractivity contribution in [1.29, 1.82) is 0 Å². The molecule has 0 saturated heterocycles. The number of aldehydes is 1. The first-order valence-electron chi connectivity index (χ1n) is 14.0. The number of aromatic hydroxyl groups is 1. The highest BCUT2D eigenvalue weighted by molar-refractivity contribution is 5.96. The van der Waals surface area contributed by atoms with E-state index in [-0.39, 0.29) is 17.2 Å². The third-order valence-electron chi connectivity index (χ3n) is 7.94. The van der Waals surface area contributed by atoms with Gasteiger partial charge >= 0.3 is 0 Å². The normalized spacial score (nSPS) is 14.0. The van der Waals surface area contributed by atoms with Gasteiger partial charge < -0.3 is 16.2 Å². The van der Waals surface area contributed by atoms with Gasteiger partial charge in [-0.05, 0) is 72.5 Å². The number of hydrogen-bond donors (Lipinski definition) is 3. The number of pyridine rings is 2. The van der Waals surface area contributed by atoms with Crippen LogP contribution < -0.4 is 11.1 Å². The summed E-state index contributed by atoms with van der Waals surface area (Å²) in [7, 11) is 0. The number of carbonyl (C=O) groups is 2. The molecular formula is C34H25FN6O3. The maximum absolute atomic E-state index is 14.7. The van der Waals surface area contributed by atoms with Crippen LogP contribution in [0.25, 0.3) is 39.5 Å². The summed E-state index contributed by atoms with van der Waals surface area (Å²) in [5.74, 6) is -1.70. The molecule has 6 aromatic rings. The Labute approximate surface area is 250 Å². The SMILES string of the molecule is Nc1ncccc1-c1nc2ccc(-c3ccccc3)nc2n1-c1ccc2c(c1)CC[C@@H]2NC(=O)c1ccc(C=O)c(O)c1F. The van der Waals surface area contributed by atoms with Gasteiger partial charge in [-0.2, -0.15) is 0 Å². The van der Waals surface area contributed by atoms with Crippen LogP contribution in [0.5, 0.6) is 5.75 Å². The zero-order valence-corrected chi connectivity index (χ0v) is 23.2. The lowest BCUT2D eigenvalue weighted by atomic mass is 10.1. The first-order chi connectivity index (χ1) is 21.4. The number of fused-ring (bicyclic) bond motifs is 2. The first-order valence-corrected chi connectivity index (χ1v) is 14.0. The second kappa shape index (κ2) is 10.7. The third-order valence-corrected chi connectivity index (χ3v) is 7.94. The summed E-state index contributed by atoms with van der Waals surface area (Å²) >= 11 is 0. The van der Waals surface area contributed by atoms with Crippen molar-refractivity contribution in [3.63, 3.8) is 0 Å². The summed E-state index contributed by atoms with van der Waals surface area (Å²) in [5.41, 5.74) is 12.3. The Morgan fingerprint density at radius 3 is 2.66 bits per heavy atom. The molecule has 4 N–H and O–H groups in total. The summed E-state index contributed by atoms with van der Waals surface area (Å²) in [6.45, 7) is 0. The van der Waals surface area contributed by atoms with Gasteiger partial charge in [0.15, 0.2) is 29.3 Å².